The Hall–Kier alpha value is -2.38. The summed E-state index contributed by atoms with van der Waals surface area (Å²) in [6.45, 7) is 10.6. The number of carbonyl (C=O) groups is 1. The molecule has 0 bridgehead atoms. The quantitative estimate of drug-likeness (QED) is 0.413. The van der Waals surface area contributed by atoms with Crippen molar-refractivity contribution in [2.24, 2.45) is 0 Å². The number of hydrogen-bond donors (Lipinski definition) is 1. The average Bonchev–Trinajstić information content (AvgIpc) is 3.30. The zero-order chi connectivity index (χ0) is 20.1. The first kappa shape index (κ1) is 20.4. The van der Waals surface area contributed by atoms with Gasteiger partial charge in [0.1, 0.15) is 0 Å². The first-order chi connectivity index (χ1) is 13.5. The number of anilines is 1. The molecule has 0 unspecified atom stereocenters. The summed E-state index contributed by atoms with van der Waals surface area (Å²) in [5.74, 6) is 1.03. The standard InChI is InChI=1S/C21H24N4OS2/c1-5-9-25-20(16-11-17(6-2)27-12-16)23-24-21(25)28-13-19(26)22-18-10-14(3)7-8-15(18)4/h5,7-8,10-12H,1,6,9,13H2,2-4H3,(H,22,26). The van der Waals surface area contributed by atoms with E-state index in [0.717, 1.165) is 39.8 Å². The van der Waals surface area contributed by atoms with Crippen molar-refractivity contribution >= 4 is 34.7 Å². The van der Waals surface area contributed by atoms with Gasteiger partial charge < -0.3 is 5.32 Å². The molecule has 0 radical (unpaired) electrons. The Bertz CT molecular complexity index is 990. The maximum Gasteiger partial charge on any atom is 0.234 e. The van der Waals surface area contributed by atoms with Crippen LogP contribution in [0.3, 0.4) is 0 Å². The number of hydrogen-bond acceptors (Lipinski definition) is 5. The molecule has 7 heteroatoms. The summed E-state index contributed by atoms with van der Waals surface area (Å²) in [5.41, 5.74) is 4.07. The molecule has 3 aromatic rings. The number of nitrogens with one attached hydrogen (secondary N) is 1. The third-order valence-electron chi connectivity index (χ3n) is 4.29. The topological polar surface area (TPSA) is 59.8 Å². The predicted octanol–water partition coefficient (Wildman–Crippen LogP) is 5.10. The third-order valence-corrected chi connectivity index (χ3v) is 6.34. The molecule has 2 aromatic heterocycles. The molecular formula is C21H24N4OS2. The normalized spacial score (nSPS) is 10.8. The lowest BCUT2D eigenvalue weighted by atomic mass is 10.1. The largest absolute Gasteiger partial charge is 0.325 e. The summed E-state index contributed by atoms with van der Waals surface area (Å²) < 4.78 is 2.00. The number of aromatic nitrogens is 3. The monoisotopic (exact) mass is 412 g/mol. The van der Waals surface area contributed by atoms with Crippen LogP contribution >= 0.6 is 23.1 Å². The van der Waals surface area contributed by atoms with E-state index in [2.05, 4.69) is 40.5 Å². The van der Waals surface area contributed by atoms with E-state index in [1.807, 2.05) is 42.7 Å². The Morgan fingerprint density at radius 2 is 2.14 bits per heavy atom. The minimum absolute atomic E-state index is 0.0581. The van der Waals surface area contributed by atoms with Crippen molar-refractivity contribution < 1.29 is 4.79 Å². The SMILES string of the molecule is C=CCn1c(SCC(=O)Nc2cc(C)ccc2C)nnc1-c1csc(CC)c1. The Morgan fingerprint density at radius 1 is 1.32 bits per heavy atom. The number of allylic oxidation sites excluding steroid dienone is 1. The Kier molecular flexibility index (Phi) is 6.70. The number of carbonyl (C=O) groups excluding carboxylic acids is 1. The minimum Gasteiger partial charge on any atom is -0.325 e. The van der Waals surface area contributed by atoms with E-state index in [1.54, 1.807) is 11.3 Å². The van der Waals surface area contributed by atoms with Crippen molar-refractivity contribution in [3.8, 4) is 11.4 Å². The molecule has 28 heavy (non-hydrogen) atoms. The molecular weight excluding hydrogens is 388 g/mol. The molecule has 1 N–H and O–H groups in total. The summed E-state index contributed by atoms with van der Waals surface area (Å²) in [5, 5.41) is 14.5. The zero-order valence-corrected chi connectivity index (χ0v) is 18.0. The summed E-state index contributed by atoms with van der Waals surface area (Å²) in [4.78, 5) is 13.7. The van der Waals surface area contributed by atoms with Crippen molar-refractivity contribution in [1.82, 2.24) is 14.8 Å². The first-order valence-corrected chi connectivity index (χ1v) is 11.0. The second kappa shape index (κ2) is 9.21. The van der Waals surface area contributed by atoms with Crippen LogP contribution in [0, 0.1) is 13.8 Å². The highest BCUT2D eigenvalue weighted by molar-refractivity contribution is 7.99. The van der Waals surface area contributed by atoms with Gasteiger partial charge in [0.25, 0.3) is 0 Å². The van der Waals surface area contributed by atoms with Crippen LogP contribution in [-0.4, -0.2) is 26.4 Å². The minimum atomic E-state index is -0.0581. The maximum atomic E-state index is 12.4. The van der Waals surface area contributed by atoms with Gasteiger partial charge in [0.05, 0.1) is 5.75 Å². The van der Waals surface area contributed by atoms with Crippen LogP contribution in [0.25, 0.3) is 11.4 Å². The van der Waals surface area contributed by atoms with Crippen LogP contribution in [0.5, 0.6) is 0 Å². The lowest BCUT2D eigenvalue weighted by molar-refractivity contribution is -0.113. The van der Waals surface area contributed by atoms with E-state index in [4.69, 9.17) is 0 Å². The lowest BCUT2D eigenvalue weighted by Gasteiger charge is -2.10. The van der Waals surface area contributed by atoms with Crippen LogP contribution in [0.1, 0.15) is 22.9 Å². The molecule has 0 spiro atoms. The highest BCUT2D eigenvalue weighted by Gasteiger charge is 2.16. The Labute approximate surface area is 173 Å². The van der Waals surface area contributed by atoms with Crippen LogP contribution < -0.4 is 5.32 Å². The van der Waals surface area contributed by atoms with Crippen molar-refractivity contribution in [3.05, 3.63) is 58.3 Å². The van der Waals surface area contributed by atoms with E-state index in [0.29, 0.717) is 6.54 Å². The first-order valence-electron chi connectivity index (χ1n) is 9.13. The van der Waals surface area contributed by atoms with Gasteiger partial charge in [-0.25, -0.2) is 0 Å². The Balaban J connectivity index is 1.72. The number of nitrogens with zero attached hydrogens (tertiary/aromatic N) is 3. The molecule has 0 fully saturated rings. The molecule has 2 heterocycles. The summed E-state index contributed by atoms with van der Waals surface area (Å²) in [6, 6.07) is 8.18. The molecule has 0 aliphatic carbocycles. The number of thioether (sulfide) groups is 1. The number of rotatable bonds is 8. The van der Waals surface area contributed by atoms with Crippen molar-refractivity contribution in [2.75, 3.05) is 11.1 Å². The van der Waals surface area contributed by atoms with E-state index in [-0.39, 0.29) is 11.7 Å². The van der Waals surface area contributed by atoms with Crippen molar-refractivity contribution in [3.63, 3.8) is 0 Å². The van der Waals surface area contributed by atoms with E-state index in [9.17, 15) is 4.79 Å². The van der Waals surface area contributed by atoms with Crippen LogP contribution in [-0.2, 0) is 17.8 Å². The summed E-state index contributed by atoms with van der Waals surface area (Å²) in [6.07, 6.45) is 2.82. The molecule has 3 rings (SSSR count). The van der Waals surface area contributed by atoms with Gasteiger partial charge in [0.2, 0.25) is 5.91 Å². The molecule has 1 aromatic carbocycles. The van der Waals surface area contributed by atoms with Gasteiger partial charge in [-0.1, -0.05) is 36.9 Å². The second-order valence-corrected chi connectivity index (χ2v) is 8.45. The number of aryl methyl sites for hydroxylation is 3. The fourth-order valence-electron chi connectivity index (χ4n) is 2.77. The Morgan fingerprint density at radius 3 is 2.86 bits per heavy atom. The smallest absolute Gasteiger partial charge is 0.234 e. The van der Waals surface area contributed by atoms with Crippen LogP contribution in [0.15, 0.2) is 47.5 Å². The number of amides is 1. The van der Waals surface area contributed by atoms with E-state index < -0.39 is 0 Å². The van der Waals surface area contributed by atoms with E-state index >= 15 is 0 Å². The molecule has 0 saturated carbocycles. The molecule has 0 atom stereocenters. The zero-order valence-electron chi connectivity index (χ0n) is 16.4. The van der Waals surface area contributed by atoms with Gasteiger partial charge in [-0.3, -0.25) is 9.36 Å². The van der Waals surface area contributed by atoms with E-state index in [1.165, 1.54) is 16.6 Å². The van der Waals surface area contributed by atoms with Gasteiger partial charge in [-0.05, 0) is 43.5 Å². The van der Waals surface area contributed by atoms with Gasteiger partial charge in [0, 0.05) is 28.1 Å². The van der Waals surface area contributed by atoms with Gasteiger partial charge in [0.15, 0.2) is 11.0 Å². The highest BCUT2D eigenvalue weighted by Crippen LogP contribution is 2.28. The summed E-state index contributed by atoms with van der Waals surface area (Å²) in [7, 11) is 0. The molecule has 5 nitrogen and oxygen atoms in total. The molecule has 0 aliphatic heterocycles. The molecule has 1 amide bonds. The van der Waals surface area contributed by atoms with Crippen LogP contribution in [0.4, 0.5) is 5.69 Å². The van der Waals surface area contributed by atoms with Crippen molar-refractivity contribution in [2.45, 2.75) is 38.9 Å². The number of thiophene rings is 1. The highest BCUT2D eigenvalue weighted by atomic mass is 32.2. The second-order valence-electron chi connectivity index (χ2n) is 6.52. The molecule has 0 aliphatic rings. The van der Waals surface area contributed by atoms with Gasteiger partial charge in [-0.15, -0.1) is 28.1 Å². The molecule has 146 valence electrons. The maximum absolute atomic E-state index is 12.4. The average molecular weight is 413 g/mol. The fraction of sp³-hybridized carbons (Fsp3) is 0.286. The van der Waals surface area contributed by atoms with Crippen molar-refractivity contribution in [1.29, 1.82) is 0 Å². The third kappa shape index (κ3) is 4.72. The van der Waals surface area contributed by atoms with Crippen LogP contribution in [0.2, 0.25) is 0 Å². The molecule has 0 saturated heterocycles. The van der Waals surface area contributed by atoms with Gasteiger partial charge in [-0.2, -0.15) is 0 Å². The summed E-state index contributed by atoms with van der Waals surface area (Å²) >= 11 is 3.11. The lowest BCUT2D eigenvalue weighted by Crippen LogP contribution is -2.15. The fourth-order valence-corrected chi connectivity index (χ4v) is 4.33. The van der Waals surface area contributed by atoms with Gasteiger partial charge >= 0.3 is 0 Å². The number of benzene rings is 1. The predicted molar refractivity (Wildman–Crippen MR) is 118 cm³/mol.